The molecule has 0 aliphatic carbocycles. The van der Waals surface area contributed by atoms with Gasteiger partial charge in [-0.15, -0.1) is 0 Å². The van der Waals surface area contributed by atoms with E-state index in [0.29, 0.717) is 22.7 Å². The van der Waals surface area contributed by atoms with Gasteiger partial charge in [0.15, 0.2) is 0 Å². The van der Waals surface area contributed by atoms with E-state index in [1.165, 1.54) is 14.2 Å². The van der Waals surface area contributed by atoms with Gasteiger partial charge in [-0.3, -0.25) is 19.0 Å². The van der Waals surface area contributed by atoms with Gasteiger partial charge in [0.25, 0.3) is 11.5 Å². The van der Waals surface area contributed by atoms with Crippen molar-refractivity contribution in [2.45, 2.75) is 6.54 Å². The van der Waals surface area contributed by atoms with E-state index in [1.807, 2.05) is 6.07 Å². The van der Waals surface area contributed by atoms with Gasteiger partial charge in [0.05, 0.1) is 14.2 Å². The minimum Gasteiger partial charge on any atom is -0.497 e. The number of hydrogen-bond acceptors (Lipinski definition) is 6. The fraction of sp³-hybridized carbons (Fsp3) is 0.143. The molecule has 0 atom stereocenters. The third-order valence-electron chi connectivity index (χ3n) is 4.28. The van der Waals surface area contributed by atoms with Crippen LogP contribution in [-0.4, -0.2) is 35.6 Å². The van der Waals surface area contributed by atoms with Crippen LogP contribution in [0.1, 0.15) is 10.4 Å². The number of aromatic nitrogens is 2. The number of benzene rings is 2. The van der Waals surface area contributed by atoms with Crippen LogP contribution in [-0.2, 0) is 11.3 Å². The average molecular weight is 408 g/mol. The summed E-state index contributed by atoms with van der Waals surface area (Å²) < 4.78 is 11.5. The normalized spacial score (nSPS) is 10.3. The SMILES string of the molecule is COc1cc(NC(=O)Cn2c(-c3ccccc3)ncc(C(N)=O)c2=O)cc(OC)c1. The Morgan fingerprint density at radius 3 is 2.27 bits per heavy atom. The lowest BCUT2D eigenvalue weighted by molar-refractivity contribution is -0.116. The van der Waals surface area contributed by atoms with Crippen molar-refractivity contribution in [2.75, 3.05) is 19.5 Å². The van der Waals surface area contributed by atoms with Crippen molar-refractivity contribution in [1.29, 1.82) is 0 Å². The molecule has 154 valence electrons. The Morgan fingerprint density at radius 1 is 1.07 bits per heavy atom. The second-order valence-corrected chi connectivity index (χ2v) is 6.27. The molecule has 0 fully saturated rings. The number of ether oxygens (including phenoxy) is 2. The molecule has 3 N–H and O–H groups in total. The summed E-state index contributed by atoms with van der Waals surface area (Å²) in [6.07, 6.45) is 1.12. The number of methoxy groups -OCH3 is 2. The van der Waals surface area contributed by atoms with Crippen LogP contribution in [0.15, 0.2) is 59.5 Å². The van der Waals surface area contributed by atoms with E-state index < -0.39 is 17.4 Å². The molecule has 30 heavy (non-hydrogen) atoms. The van der Waals surface area contributed by atoms with Crippen LogP contribution in [0.2, 0.25) is 0 Å². The first-order valence-corrected chi connectivity index (χ1v) is 8.91. The number of carbonyl (C=O) groups is 2. The van der Waals surface area contributed by atoms with Crippen LogP contribution < -0.4 is 26.1 Å². The Bertz CT molecular complexity index is 1120. The second-order valence-electron chi connectivity index (χ2n) is 6.27. The number of nitrogens with two attached hydrogens (primary N) is 1. The molecule has 0 unspecified atom stereocenters. The van der Waals surface area contributed by atoms with Crippen molar-refractivity contribution < 1.29 is 19.1 Å². The zero-order chi connectivity index (χ0) is 21.7. The van der Waals surface area contributed by atoms with E-state index in [-0.39, 0.29) is 17.9 Å². The highest BCUT2D eigenvalue weighted by molar-refractivity contribution is 5.93. The zero-order valence-corrected chi connectivity index (χ0v) is 16.4. The standard InChI is InChI=1S/C21H20N4O5/c1-29-15-8-14(9-16(10-15)30-2)24-18(26)12-25-20(13-6-4-3-5-7-13)23-11-17(19(22)27)21(25)28/h3-11H,12H2,1-2H3,(H2,22,27)(H,24,26). The van der Waals surface area contributed by atoms with E-state index in [4.69, 9.17) is 15.2 Å². The summed E-state index contributed by atoms with van der Waals surface area (Å²) in [4.78, 5) is 41.3. The predicted octanol–water partition coefficient (Wildman–Crippen LogP) is 1.67. The fourth-order valence-corrected chi connectivity index (χ4v) is 2.85. The van der Waals surface area contributed by atoms with Crippen LogP contribution in [0.25, 0.3) is 11.4 Å². The number of nitrogens with zero attached hydrogens (tertiary/aromatic N) is 2. The van der Waals surface area contributed by atoms with Gasteiger partial charge in [0.1, 0.15) is 29.4 Å². The molecule has 1 heterocycles. The number of amides is 2. The molecule has 0 aliphatic rings. The minimum atomic E-state index is -0.918. The van der Waals surface area contributed by atoms with E-state index >= 15 is 0 Å². The molecule has 1 aromatic heterocycles. The largest absolute Gasteiger partial charge is 0.497 e. The maximum atomic E-state index is 12.8. The summed E-state index contributed by atoms with van der Waals surface area (Å²) in [7, 11) is 2.99. The topological polar surface area (TPSA) is 126 Å². The summed E-state index contributed by atoms with van der Waals surface area (Å²) in [5.74, 6) is -0.204. The van der Waals surface area contributed by atoms with Crippen LogP contribution in [0.4, 0.5) is 5.69 Å². The second kappa shape index (κ2) is 8.91. The van der Waals surface area contributed by atoms with Gasteiger partial charge in [0, 0.05) is 35.6 Å². The van der Waals surface area contributed by atoms with Crippen LogP contribution in [0.5, 0.6) is 11.5 Å². The van der Waals surface area contributed by atoms with Gasteiger partial charge >= 0.3 is 0 Å². The Hall–Kier alpha value is -4.14. The molecular formula is C21H20N4O5. The van der Waals surface area contributed by atoms with Crippen molar-refractivity contribution >= 4 is 17.5 Å². The van der Waals surface area contributed by atoms with Gasteiger partial charge in [-0.25, -0.2) is 4.98 Å². The molecule has 3 rings (SSSR count). The molecule has 2 aromatic carbocycles. The lowest BCUT2D eigenvalue weighted by atomic mass is 10.2. The van der Waals surface area contributed by atoms with Crippen LogP contribution >= 0.6 is 0 Å². The quantitative estimate of drug-likeness (QED) is 0.612. The molecule has 0 saturated heterocycles. The first-order chi connectivity index (χ1) is 14.4. The van der Waals surface area contributed by atoms with Gasteiger partial charge in [-0.05, 0) is 0 Å². The highest BCUT2D eigenvalue weighted by atomic mass is 16.5. The molecule has 0 saturated carbocycles. The van der Waals surface area contributed by atoms with E-state index in [1.54, 1.807) is 42.5 Å². The van der Waals surface area contributed by atoms with Gasteiger partial charge < -0.3 is 20.5 Å². The average Bonchev–Trinajstić information content (AvgIpc) is 2.75. The predicted molar refractivity (Wildman–Crippen MR) is 111 cm³/mol. The molecule has 2 amide bonds. The van der Waals surface area contributed by atoms with Gasteiger partial charge in [-0.2, -0.15) is 0 Å². The van der Waals surface area contributed by atoms with Crippen molar-refractivity contribution in [3.05, 3.63) is 70.6 Å². The lowest BCUT2D eigenvalue weighted by Crippen LogP contribution is -2.34. The third kappa shape index (κ3) is 4.46. The highest BCUT2D eigenvalue weighted by Crippen LogP contribution is 2.25. The summed E-state index contributed by atoms with van der Waals surface area (Å²) >= 11 is 0. The molecule has 3 aromatic rings. The number of anilines is 1. The smallest absolute Gasteiger partial charge is 0.267 e. The number of primary amides is 1. The summed E-state index contributed by atoms with van der Waals surface area (Å²) in [5.41, 5.74) is 5.30. The number of carbonyl (C=O) groups excluding carboxylic acids is 2. The Kier molecular flexibility index (Phi) is 6.11. The molecule has 0 aliphatic heterocycles. The summed E-state index contributed by atoms with van der Waals surface area (Å²) in [5, 5.41) is 2.69. The first-order valence-electron chi connectivity index (χ1n) is 8.91. The number of rotatable bonds is 7. The molecule has 0 radical (unpaired) electrons. The maximum absolute atomic E-state index is 12.8. The zero-order valence-electron chi connectivity index (χ0n) is 16.4. The molecule has 0 spiro atoms. The van der Waals surface area contributed by atoms with Crippen molar-refractivity contribution in [1.82, 2.24) is 9.55 Å². The van der Waals surface area contributed by atoms with E-state index in [9.17, 15) is 14.4 Å². The highest BCUT2D eigenvalue weighted by Gasteiger charge is 2.18. The molecule has 0 bridgehead atoms. The van der Waals surface area contributed by atoms with Crippen LogP contribution in [0, 0.1) is 0 Å². The molecular weight excluding hydrogens is 388 g/mol. The maximum Gasteiger partial charge on any atom is 0.267 e. The summed E-state index contributed by atoms with van der Waals surface area (Å²) in [6.45, 7) is -0.378. The minimum absolute atomic E-state index is 0.240. The number of hydrogen-bond donors (Lipinski definition) is 2. The van der Waals surface area contributed by atoms with Gasteiger partial charge in [-0.1, -0.05) is 30.3 Å². The fourth-order valence-electron chi connectivity index (χ4n) is 2.85. The Morgan fingerprint density at radius 2 is 1.70 bits per heavy atom. The molecule has 9 nitrogen and oxygen atoms in total. The summed E-state index contributed by atoms with van der Waals surface area (Å²) in [6, 6.07) is 13.7. The lowest BCUT2D eigenvalue weighted by Gasteiger charge is -2.14. The first kappa shape index (κ1) is 20.6. The Labute approximate surface area is 172 Å². The van der Waals surface area contributed by atoms with Crippen LogP contribution in [0.3, 0.4) is 0 Å². The van der Waals surface area contributed by atoms with Gasteiger partial charge in [0.2, 0.25) is 5.91 Å². The van der Waals surface area contributed by atoms with E-state index in [0.717, 1.165) is 10.8 Å². The van der Waals surface area contributed by atoms with E-state index in [2.05, 4.69) is 10.3 Å². The van der Waals surface area contributed by atoms with Crippen molar-refractivity contribution in [3.8, 4) is 22.9 Å². The monoisotopic (exact) mass is 408 g/mol. The molecule has 9 heteroatoms. The number of nitrogens with one attached hydrogen (secondary N) is 1. The Balaban J connectivity index is 1.97. The van der Waals surface area contributed by atoms with Crippen molar-refractivity contribution in [3.63, 3.8) is 0 Å². The van der Waals surface area contributed by atoms with Crippen molar-refractivity contribution in [2.24, 2.45) is 5.73 Å². The third-order valence-corrected chi connectivity index (χ3v) is 4.28.